The van der Waals surface area contributed by atoms with Gasteiger partial charge in [-0.1, -0.05) is 26.7 Å². The molecule has 2 nitrogen and oxygen atoms in total. The van der Waals surface area contributed by atoms with Gasteiger partial charge in [0.25, 0.3) is 0 Å². The van der Waals surface area contributed by atoms with Crippen LogP contribution in [0.2, 0.25) is 0 Å². The van der Waals surface area contributed by atoms with E-state index in [9.17, 15) is 4.79 Å². The number of thioether (sulfide) groups is 1. The third-order valence-electron chi connectivity index (χ3n) is 5.81. The van der Waals surface area contributed by atoms with E-state index in [0.29, 0.717) is 11.7 Å². The summed E-state index contributed by atoms with van der Waals surface area (Å²) in [6.45, 7) is 5.40. The van der Waals surface area contributed by atoms with Crippen LogP contribution >= 0.6 is 11.8 Å². The van der Waals surface area contributed by atoms with Crippen molar-refractivity contribution in [2.75, 3.05) is 18.1 Å². The molecule has 20 heavy (non-hydrogen) atoms. The van der Waals surface area contributed by atoms with Crippen LogP contribution < -0.4 is 0 Å². The third-order valence-corrected chi connectivity index (χ3v) is 7.04. The summed E-state index contributed by atoms with van der Waals surface area (Å²) in [4.78, 5) is 13.0. The molecule has 0 bridgehead atoms. The Hall–Kier alpha value is -0.0200. The molecule has 1 aliphatic carbocycles. The van der Waals surface area contributed by atoms with Crippen LogP contribution in [0.4, 0.5) is 0 Å². The van der Waals surface area contributed by atoms with E-state index in [1.54, 1.807) is 0 Å². The molecule has 0 amide bonds. The summed E-state index contributed by atoms with van der Waals surface area (Å²) in [7, 11) is 0. The molecule has 0 aromatic heterocycles. The largest absolute Gasteiger partial charge is 0.374 e. The van der Waals surface area contributed by atoms with Crippen LogP contribution in [0, 0.1) is 17.3 Å². The van der Waals surface area contributed by atoms with E-state index in [4.69, 9.17) is 4.74 Å². The predicted molar refractivity (Wildman–Crippen MR) is 84.1 cm³/mol. The number of carbonyl (C=O) groups is 1. The van der Waals surface area contributed by atoms with Crippen LogP contribution in [0.25, 0.3) is 0 Å². The zero-order chi connectivity index (χ0) is 14.2. The quantitative estimate of drug-likeness (QED) is 0.768. The van der Waals surface area contributed by atoms with Crippen LogP contribution in [0.15, 0.2) is 0 Å². The number of hydrogen-bond acceptors (Lipinski definition) is 3. The Morgan fingerprint density at radius 1 is 1.20 bits per heavy atom. The third kappa shape index (κ3) is 2.81. The van der Waals surface area contributed by atoms with E-state index in [0.717, 1.165) is 38.0 Å². The van der Waals surface area contributed by atoms with Gasteiger partial charge in [0, 0.05) is 24.2 Å². The number of ether oxygens (including phenoxy) is 1. The highest BCUT2D eigenvalue weighted by molar-refractivity contribution is 7.99. The normalized spacial score (nSPS) is 40.9. The average molecular weight is 296 g/mol. The maximum atomic E-state index is 13.0. The van der Waals surface area contributed by atoms with Gasteiger partial charge in [0.05, 0.1) is 5.60 Å². The van der Waals surface area contributed by atoms with Gasteiger partial charge in [0.15, 0.2) is 0 Å². The van der Waals surface area contributed by atoms with Crippen LogP contribution in [-0.2, 0) is 9.53 Å². The first-order valence-electron chi connectivity index (χ1n) is 8.28. The first-order valence-corrected chi connectivity index (χ1v) is 9.43. The summed E-state index contributed by atoms with van der Waals surface area (Å²) in [6, 6.07) is 0. The van der Waals surface area contributed by atoms with Crippen molar-refractivity contribution in [1.29, 1.82) is 0 Å². The molecule has 0 N–H and O–H groups in total. The predicted octanol–water partition coefficient (Wildman–Crippen LogP) is 4.07. The molecule has 3 fully saturated rings. The van der Waals surface area contributed by atoms with Gasteiger partial charge < -0.3 is 4.74 Å². The fourth-order valence-electron chi connectivity index (χ4n) is 4.44. The molecule has 3 rings (SSSR count). The summed E-state index contributed by atoms with van der Waals surface area (Å²) in [5.74, 6) is 3.44. The van der Waals surface area contributed by atoms with E-state index in [1.807, 2.05) is 11.8 Å². The van der Waals surface area contributed by atoms with Gasteiger partial charge in [-0.05, 0) is 43.3 Å². The summed E-state index contributed by atoms with van der Waals surface area (Å²) in [5.41, 5.74) is 0.257. The SMILES string of the molecule is CC1(C)CCCCC1C(=O)C1CCOC2(CCSC2)C1. The van der Waals surface area contributed by atoms with E-state index in [1.165, 1.54) is 25.0 Å². The maximum absolute atomic E-state index is 13.0. The van der Waals surface area contributed by atoms with Crippen molar-refractivity contribution in [1.82, 2.24) is 0 Å². The topological polar surface area (TPSA) is 26.3 Å². The van der Waals surface area contributed by atoms with Crippen molar-refractivity contribution in [3.63, 3.8) is 0 Å². The summed E-state index contributed by atoms with van der Waals surface area (Å²) in [6.07, 6.45) is 7.96. The first-order chi connectivity index (χ1) is 9.53. The van der Waals surface area contributed by atoms with Crippen LogP contribution in [-0.4, -0.2) is 29.5 Å². The van der Waals surface area contributed by atoms with Gasteiger partial charge in [-0.15, -0.1) is 0 Å². The molecule has 0 radical (unpaired) electrons. The highest BCUT2D eigenvalue weighted by atomic mass is 32.2. The summed E-state index contributed by atoms with van der Waals surface area (Å²) >= 11 is 1.99. The molecule has 0 aromatic rings. The van der Waals surface area contributed by atoms with Gasteiger partial charge in [-0.2, -0.15) is 11.8 Å². The van der Waals surface area contributed by atoms with Crippen molar-refractivity contribution in [2.45, 2.75) is 64.4 Å². The van der Waals surface area contributed by atoms with E-state index < -0.39 is 0 Å². The monoisotopic (exact) mass is 296 g/mol. The standard InChI is InChI=1S/C17H28O2S/c1-16(2)7-4-3-5-14(16)15(18)13-6-9-19-17(11-13)8-10-20-12-17/h13-14H,3-12H2,1-2H3. The second kappa shape index (κ2) is 5.64. The molecule has 2 saturated heterocycles. The van der Waals surface area contributed by atoms with E-state index in [2.05, 4.69) is 13.8 Å². The molecule has 3 heteroatoms. The molecule has 0 aromatic carbocycles. The Bertz CT molecular complexity index is 371. The minimum absolute atomic E-state index is 0.0437. The van der Waals surface area contributed by atoms with Gasteiger partial charge in [0.1, 0.15) is 5.78 Å². The smallest absolute Gasteiger partial charge is 0.139 e. The van der Waals surface area contributed by atoms with Crippen molar-refractivity contribution >= 4 is 17.5 Å². The van der Waals surface area contributed by atoms with Gasteiger partial charge >= 0.3 is 0 Å². The Kier molecular flexibility index (Phi) is 4.20. The van der Waals surface area contributed by atoms with Crippen molar-refractivity contribution in [2.24, 2.45) is 17.3 Å². The second-order valence-corrected chi connectivity index (χ2v) is 8.82. The van der Waals surface area contributed by atoms with Crippen LogP contribution in [0.3, 0.4) is 0 Å². The number of carbonyl (C=O) groups excluding carboxylic acids is 1. The van der Waals surface area contributed by atoms with Crippen LogP contribution in [0.5, 0.6) is 0 Å². The molecule has 1 saturated carbocycles. The zero-order valence-corrected chi connectivity index (χ0v) is 13.8. The number of rotatable bonds is 2. The lowest BCUT2D eigenvalue weighted by atomic mass is 9.64. The first kappa shape index (κ1) is 14.9. The highest BCUT2D eigenvalue weighted by Gasteiger charge is 2.46. The lowest BCUT2D eigenvalue weighted by Gasteiger charge is -2.42. The maximum Gasteiger partial charge on any atom is 0.139 e. The fraction of sp³-hybridized carbons (Fsp3) is 0.941. The summed E-state index contributed by atoms with van der Waals surface area (Å²) in [5, 5.41) is 0. The lowest BCUT2D eigenvalue weighted by molar-refractivity contribution is -0.142. The Morgan fingerprint density at radius 2 is 2.05 bits per heavy atom. The lowest BCUT2D eigenvalue weighted by Crippen LogP contribution is -2.45. The van der Waals surface area contributed by atoms with Gasteiger partial charge in [0.2, 0.25) is 0 Å². The number of hydrogen-bond donors (Lipinski definition) is 0. The Morgan fingerprint density at radius 3 is 2.75 bits per heavy atom. The Balaban J connectivity index is 1.70. The number of ketones is 1. The van der Waals surface area contributed by atoms with E-state index >= 15 is 0 Å². The zero-order valence-electron chi connectivity index (χ0n) is 13.0. The molecular weight excluding hydrogens is 268 g/mol. The molecule has 3 unspecified atom stereocenters. The molecule has 3 aliphatic rings. The molecule has 114 valence electrons. The van der Waals surface area contributed by atoms with Crippen molar-refractivity contribution < 1.29 is 9.53 Å². The van der Waals surface area contributed by atoms with E-state index in [-0.39, 0.29) is 16.9 Å². The van der Waals surface area contributed by atoms with Gasteiger partial charge in [-0.3, -0.25) is 4.79 Å². The molecular formula is C17H28O2S. The fourth-order valence-corrected chi connectivity index (χ4v) is 5.82. The van der Waals surface area contributed by atoms with Gasteiger partial charge in [-0.25, -0.2) is 0 Å². The second-order valence-electron chi connectivity index (χ2n) is 7.71. The summed E-state index contributed by atoms with van der Waals surface area (Å²) < 4.78 is 6.07. The minimum atomic E-state index is 0.0437. The molecule has 2 aliphatic heterocycles. The molecule has 2 heterocycles. The molecule has 1 spiro atoms. The molecule has 3 atom stereocenters. The minimum Gasteiger partial charge on any atom is -0.374 e. The van der Waals surface area contributed by atoms with Crippen LogP contribution in [0.1, 0.15) is 58.8 Å². The van der Waals surface area contributed by atoms with Crippen molar-refractivity contribution in [3.8, 4) is 0 Å². The van der Waals surface area contributed by atoms with Crippen molar-refractivity contribution in [3.05, 3.63) is 0 Å². The average Bonchev–Trinajstić information content (AvgIpc) is 2.85. The highest BCUT2D eigenvalue weighted by Crippen LogP contribution is 2.46. The number of Topliss-reactive ketones (excluding diaryl/α,β-unsaturated/α-hetero) is 1. The Labute approximate surface area is 127 Å².